The quantitative estimate of drug-likeness (QED) is 0.851. The summed E-state index contributed by atoms with van der Waals surface area (Å²) in [6.07, 6.45) is -0.708. The Bertz CT molecular complexity index is 693. The summed E-state index contributed by atoms with van der Waals surface area (Å²) < 4.78 is 18.6. The van der Waals surface area contributed by atoms with Crippen molar-refractivity contribution in [2.24, 2.45) is 0 Å². The molecule has 0 bridgehead atoms. The van der Waals surface area contributed by atoms with Crippen molar-refractivity contribution in [3.8, 4) is 5.75 Å². The Hall–Kier alpha value is -2.11. The second-order valence-corrected chi connectivity index (χ2v) is 5.44. The fourth-order valence-corrected chi connectivity index (χ4v) is 2.16. The van der Waals surface area contributed by atoms with Crippen LogP contribution in [0.1, 0.15) is 18.1 Å². The van der Waals surface area contributed by atoms with E-state index in [4.69, 9.17) is 21.4 Å². The van der Waals surface area contributed by atoms with Crippen molar-refractivity contribution in [2.45, 2.75) is 26.2 Å². The molecule has 6 heteroatoms. The maximum atomic E-state index is 13.1. The Balaban J connectivity index is 1.90. The minimum Gasteiger partial charge on any atom is -0.481 e. The van der Waals surface area contributed by atoms with Crippen LogP contribution in [0, 0.1) is 5.82 Å². The Morgan fingerprint density at radius 3 is 2.78 bits per heavy atom. The topological polar surface area (TPSA) is 58.6 Å². The first-order chi connectivity index (χ1) is 11.0. The average molecular weight is 338 g/mol. The second kappa shape index (κ2) is 7.94. The average Bonchev–Trinajstić information content (AvgIpc) is 2.55. The van der Waals surface area contributed by atoms with E-state index in [1.165, 1.54) is 12.1 Å². The molecule has 1 amide bonds. The summed E-state index contributed by atoms with van der Waals surface area (Å²) in [4.78, 5) is 12.0. The van der Waals surface area contributed by atoms with Gasteiger partial charge in [-0.2, -0.15) is 0 Å². The van der Waals surface area contributed by atoms with Crippen LogP contribution < -0.4 is 10.1 Å². The molecule has 2 aromatic rings. The van der Waals surface area contributed by atoms with Gasteiger partial charge < -0.3 is 15.2 Å². The molecule has 1 atom stereocenters. The van der Waals surface area contributed by atoms with E-state index < -0.39 is 11.9 Å². The maximum Gasteiger partial charge on any atom is 0.261 e. The van der Waals surface area contributed by atoms with E-state index in [2.05, 4.69) is 5.32 Å². The number of benzene rings is 2. The molecule has 2 rings (SSSR count). The zero-order valence-electron chi connectivity index (χ0n) is 12.6. The number of nitrogens with one attached hydrogen (secondary N) is 1. The number of rotatable bonds is 6. The van der Waals surface area contributed by atoms with Crippen LogP contribution in [-0.4, -0.2) is 17.1 Å². The lowest BCUT2D eigenvalue weighted by Gasteiger charge is -2.15. The molecule has 0 fully saturated rings. The van der Waals surface area contributed by atoms with Crippen LogP contribution in [0.5, 0.6) is 5.75 Å². The highest BCUT2D eigenvalue weighted by atomic mass is 35.5. The van der Waals surface area contributed by atoms with E-state index >= 15 is 0 Å². The molecule has 0 radical (unpaired) electrons. The van der Waals surface area contributed by atoms with Crippen LogP contribution in [0.25, 0.3) is 0 Å². The van der Waals surface area contributed by atoms with Gasteiger partial charge in [0.05, 0.1) is 11.6 Å². The monoisotopic (exact) mass is 337 g/mol. The standard InChI is InChI=1S/C17H17ClFNO3/c1-11(23-14-4-2-3-13(7-14)10-21)17(22)20-9-12-5-6-16(19)15(18)8-12/h2-8,11,21H,9-10H2,1H3,(H,20,22). The normalized spacial score (nSPS) is 11.8. The van der Waals surface area contributed by atoms with Crippen molar-refractivity contribution < 1.29 is 19.0 Å². The van der Waals surface area contributed by atoms with Crippen LogP contribution in [0.3, 0.4) is 0 Å². The third kappa shape index (κ3) is 4.94. The van der Waals surface area contributed by atoms with E-state index in [-0.39, 0.29) is 24.1 Å². The summed E-state index contributed by atoms with van der Waals surface area (Å²) in [5.74, 6) is -0.300. The molecule has 1 unspecified atom stereocenters. The number of halogens is 2. The van der Waals surface area contributed by atoms with E-state index in [0.717, 1.165) is 0 Å². The lowest BCUT2D eigenvalue weighted by Crippen LogP contribution is -2.35. The number of carbonyl (C=O) groups is 1. The van der Waals surface area contributed by atoms with Crippen LogP contribution in [0.4, 0.5) is 4.39 Å². The predicted molar refractivity (Wildman–Crippen MR) is 85.7 cm³/mol. The number of hydrogen-bond donors (Lipinski definition) is 2. The first-order valence-electron chi connectivity index (χ1n) is 7.07. The Morgan fingerprint density at radius 2 is 2.09 bits per heavy atom. The fourth-order valence-electron chi connectivity index (χ4n) is 1.96. The van der Waals surface area contributed by atoms with Gasteiger partial charge >= 0.3 is 0 Å². The van der Waals surface area contributed by atoms with Crippen molar-refractivity contribution in [2.75, 3.05) is 0 Å². The van der Waals surface area contributed by atoms with Gasteiger partial charge in [-0.05, 0) is 42.3 Å². The number of aliphatic hydroxyl groups excluding tert-OH is 1. The van der Waals surface area contributed by atoms with Crippen molar-refractivity contribution in [3.63, 3.8) is 0 Å². The summed E-state index contributed by atoms with van der Waals surface area (Å²) in [7, 11) is 0. The van der Waals surface area contributed by atoms with Gasteiger partial charge in [0.1, 0.15) is 11.6 Å². The SMILES string of the molecule is CC(Oc1cccc(CO)c1)C(=O)NCc1ccc(F)c(Cl)c1. The molecule has 2 N–H and O–H groups in total. The Morgan fingerprint density at radius 1 is 1.30 bits per heavy atom. The van der Waals surface area contributed by atoms with E-state index in [1.54, 1.807) is 37.3 Å². The van der Waals surface area contributed by atoms with Gasteiger partial charge in [0.25, 0.3) is 5.91 Å². The number of hydrogen-bond acceptors (Lipinski definition) is 3. The smallest absolute Gasteiger partial charge is 0.261 e. The second-order valence-electron chi connectivity index (χ2n) is 5.03. The minimum atomic E-state index is -0.708. The van der Waals surface area contributed by atoms with Crippen LogP contribution in [0.15, 0.2) is 42.5 Å². The molecule has 0 saturated carbocycles. The molecular formula is C17H17ClFNO3. The fraction of sp³-hybridized carbons (Fsp3) is 0.235. The van der Waals surface area contributed by atoms with Gasteiger partial charge in [0, 0.05) is 6.54 Å². The Kier molecular flexibility index (Phi) is 5.96. The lowest BCUT2D eigenvalue weighted by molar-refractivity contribution is -0.127. The number of ether oxygens (including phenoxy) is 1. The van der Waals surface area contributed by atoms with Crippen LogP contribution >= 0.6 is 11.6 Å². The van der Waals surface area contributed by atoms with Crippen molar-refractivity contribution >= 4 is 17.5 Å². The molecule has 0 heterocycles. The molecule has 0 aliphatic carbocycles. The van der Waals surface area contributed by atoms with Crippen LogP contribution in [0.2, 0.25) is 5.02 Å². The van der Waals surface area contributed by atoms with Gasteiger partial charge in [-0.1, -0.05) is 29.8 Å². The minimum absolute atomic E-state index is 0.0156. The highest BCUT2D eigenvalue weighted by molar-refractivity contribution is 6.30. The van der Waals surface area contributed by atoms with Gasteiger partial charge in [0.15, 0.2) is 6.10 Å². The summed E-state index contributed by atoms with van der Waals surface area (Å²) in [6.45, 7) is 1.75. The number of amides is 1. The van der Waals surface area contributed by atoms with Gasteiger partial charge in [-0.15, -0.1) is 0 Å². The third-order valence-corrected chi connectivity index (χ3v) is 3.50. The zero-order chi connectivity index (χ0) is 16.8. The molecule has 0 spiro atoms. The molecule has 0 aliphatic rings. The molecule has 2 aromatic carbocycles. The third-order valence-electron chi connectivity index (χ3n) is 3.21. The first kappa shape index (κ1) is 17.2. The summed E-state index contributed by atoms with van der Waals surface area (Å²) in [6, 6.07) is 11.2. The van der Waals surface area contributed by atoms with Gasteiger partial charge in [-0.25, -0.2) is 4.39 Å². The van der Waals surface area contributed by atoms with Gasteiger partial charge in [0.2, 0.25) is 0 Å². The van der Waals surface area contributed by atoms with Crippen LogP contribution in [-0.2, 0) is 17.9 Å². The number of carbonyl (C=O) groups excluding carboxylic acids is 1. The van der Waals surface area contributed by atoms with E-state index in [9.17, 15) is 9.18 Å². The van der Waals surface area contributed by atoms with Crippen molar-refractivity contribution in [3.05, 3.63) is 64.4 Å². The molecule has 0 aliphatic heterocycles. The Labute approximate surface area is 138 Å². The lowest BCUT2D eigenvalue weighted by atomic mass is 10.2. The predicted octanol–water partition coefficient (Wildman–Crippen LogP) is 3.06. The molecule has 122 valence electrons. The molecule has 0 aromatic heterocycles. The van der Waals surface area contributed by atoms with E-state index in [1.807, 2.05) is 0 Å². The molecule has 4 nitrogen and oxygen atoms in total. The maximum absolute atomic E-state index is 13.1. The first-order valence-corrected chi connectivity index (χ1v) is 7.45. The molecular weight excluding hydrogens is 321 g/mol. The molecule has 0 saturated heterocycles. The molecule has 23 heavy (non-hydrogen) atoms. The highest BCUT2D eigenvalue weighted by Gasteiger charge is 2.14. The summed E-state index contributed by atoms with van der Waals surface area (Å²) in [5.41, 5.74) is 1.40. The zero-order valence-corrected chi connectivity index (χ0v) is 13.3. The van der Waals surface area contributed by atoms with Crippen molar-refractivity contribution in [1.82, 2.24) is 5.32 Å². The largest absolute Gasteiger partial charge is 0.481 e. The number of aliphatic hydroxyl groups is 1. The summed E-state index contributed by atoms with van der Waals surface area (Å²) >= 11 is 5.69. The highest BCUT2D eigenvalue weighted by Crippen LogP contribution is 2.17. The van der Waals surface area contributed by atoms with E-state index in [0.29, 0.717) is 16.9 Å². The summed E-state index contributed by atoms with van der Waals surface area (Å²) in [5, 5.41) is 11.8. The van der Waals surface area contributed by atoms with Crippen molar-refractivity contribution in [1.29, 1.82) is 0 Å². The van der Waals surface area contributed by atoms with Gasteiger partial charge in [-0.3, -0.25) is 4.79 Å².